The van der Waals surface area contributed by atoms with Crippen molar-refractivity contribution < 1.29 is 9.90 Å². The van der Waals surface area contributed by atoms with Crippen molar-refractivity contribution in [2.24, 2.45) is 16.0 Å². The summed E-state index contributed by atoms with van der Waals surface area (Å²) in [5.41, 5.74) is 8.14. The molecule has 23 heavy (non-hydrogen) atoms. The van der Waals surface area contributed by atoms with Crippen molar-refractivity contribution in [2.45, 2.75) is 31.2 Å². The Balaban J connectivity index is 2.06. The molecule has 8 heteroatoms. The molecule has 0 aromatic heterocycles. The third-order valence-electron chi connectivity index (χ3n) is 4.48. The summed E-state index contributed by atoms with van der Waals surface area (Å²) in [5.74, 6) is 1.23. The van der Waals surface area contributed by atoms with E-state index in [2.05, 4.69) is 15.3 Å². The molecule has 2 aliphatic rings. The van der Waals surface area contributed by atoms with E-state index in [1.165, 1.54) is 18.2 Å². The molecule has 1 amide bonds. The molecule has 0 radical (unpaired) electrons. The third kappa shape index (κ3) is 3.13. The summed E-state index contributed by atoms with van der Waals surface area (Å²) >= 11 is 1.47. The average Bonchev–Trinajstić information content (AvgIpc) is 2.54. The number of carbonyl (C=O) groups is 1. The molecule has 1 saturated carbocycles. The number of amidine groups is 1. The first-order chi connectivity index (χ1) is 11.1. The van der Waals surface area contributed by atoms with Crippen LogP contribution in [0.2, 0.25) is 0 Å². The van der Waals surface area contributed by atoms with Gasteiger partial charge in [0.2, 0.25) is 4.91 Å². The van der Waals surface area contributed by atoms with Gasteiger partial charge in [-0.1, -0.05) is 36.7 Å². The largest absolute Gasteiger partial charge is 0.465 e. The van der Waals surface area contributed by atoms with E-state index in [4.69, 9.17) is 15.6 Å². The predicted octanol–water partition coefficient (Wildman–Crippen LogP) is 3.62. The molecule has 1 aliphatic heterocycles. The van der Waals surface area contributed by atoms with Gasteiger partial charge in [0.05, 0.1) is 5.54 Å². The van der Waals surface area contributed by atoms with Crippen LogP contribution in [-0.4, -0.2) is 22.1 Å². The molecule has 3 rings (SSSR count). The van der Waals surface area contributed by atoms with Gasteiger partial charge in [-0.15, -0.1) is 0 Å². The molecule has 1 fully saturated rings. The zero-order chi connectivity index (χ0) is 16.3. The highest BCUT2D eigenvalue weighted by atomic mass is 32.2. The lowest BCUT2D eigenvalue weighted by Crippen LogP contribution is -2.44. The summed E-state index contributed by atoms with van der Waals surface area (Å²) in [6.45, 7) is 0. The minimum Gasteiger partial charge on any atom is -0.465 e. The number of hydrogen-bond acceptors (Lipinski definition) is 5. The fourth-order valence-corrected chi connectivity index (χ4v) is 4.67. The van der Waals surface area contributed by atoms with Crippen molar-refractivity contribution in [1.29, 1.82) is 5.53 Å². The fourth-order valence-electron chi connectivity index (χ4n) is 3.48. The van der Waals surface area contributed by atoms with E-state index >= 15 is 0 Å². The number of benzene rings is 1. The number of aliphatic imine (C=N–C) groups is 1. The van der Waals surface area contributed by atoms with Gasteiger partial charge in [0.1, 0.15) is 5.53 Å². The second kappa shape index (κ2) is 6.52. The molecule has 1 aromatic carbocycles. The SMILES string of the molecule is N=[N+]=Nc1cccc([C@]23CCCCC2CSC(NC(=O)O)=N3)c1. The Morgan fingerprint density at radius 3 is 3.17 bits per heavy atom. The summed E-state index contributed by atoms with van der Waals surface area (Å²) in [7, 11) is 0. The van der Waals surface area contributed by atoms with Gasteiger partial charge >= 0.3 is 6.09 Å². The number of fused-ring (bicyclic) bond motifs is 1. The summed E-state index contributed by atoms with van der Waals surface area (Å²) in [4.78, 5) is 18.9. The van der Waals surface area contributed by atoms with Crippen molar-refractivity contribution >= 4 is 28.7 Å². The van der Waals surface area contributed by atoms with E-state index in [0.29, 0.717) is 16.8 Å². The summed E-state index contributed by atoms with van der Waals surface area (Å²) in [5, 5.41) is 15.6. The Morgan fingerprint density at radius 1 is 1.52 bits per heavy atom. The molecule has 7 nitrogen and oxygen atoms in total. The number of rotatable bonds is 2. The van der Waals surface area contributed by atoms with Gasteiger partial charge in [0, 0.05) is 5.75 Å². The Labute approximate surface area is 137 Å². The predicted molar refractivity (Wildman–Crippen MR) is 88.1 cm³/mol. The first-order valence-electron chi connectivity index (χ1n) is 7.55. The lowest BCUT2D eigenvalue weighted by atomic mass is 9.70. The van der Waals surface area contributed by atoms with Gasteiger partial charge in [-0.2, -0.15) is 0 Å². The number of thioether (sulfide) groups is 1. The molecule has 120 valence electrons. The van der Waals surface area contributed by atoms with Crippen LogP contribution in [0.5, 0.6) is 0 Å². The molecule has 0 spiro atoms. The maximum Gasteiger partial charge on any atom is 0.410 e. The van der Waals surface area contributed by atoms with Gasteiger partial charge in [-0.3, -0.25) is 10.3 Å². The molecule has 1 unspecified atom stereocenters. The smallest absolute Gasteiger partial charge is 0.410 e. The molecular formula is C15H18N5O2S+. The molecule has 0 saturated heterocycles. The summed E-state index contributed by atoms with van der Waals surface area (Å²) in [6.07, 6.45) is 3.13. The Bertz CT molecular complexity index is 701. The molecule has 0 bridgehead atoms. The standard InChI is InChI=1S/C15H17N5O2S/c16-20-19-12-6-3-5-10(8-12)15-7-2-1-4-11(15)9-23-13(18-15)17-14(21)22/h3,5-6,8,11,16H,1-2,4,7,9H2,(H-,17,18,21,22)/p+1/t11?,15-/m1/s1. The van der Waals surface area contributed by atoms with E-state index in [1.54, 1.807) is 6.07 Å². The van der Waals surface area contributed by atoms with Crippen LogP contribution in [0, 0.1) is 11.4 Å². The van der Waals surface area contributed by atoms with E-state index in [1.807, 2.05) is 18.2 Å². The van der Waals surface area contributed by atoms with Crippen LogP contribution in [0.1, 0.15) is 31.2 Å². The number of nitrogens with one attached hydrogen (secondary N) is 2. The number of nitrogens with zero attached hydrogens (tertiary/aromatic N) is 3. The van der Waals surface area contributed by atoms with E-state index < -0.39 is 11.6 Å². The van der Waals surface area contributed by atoms with Gasteiger partial charge in [-0.25, -0.2) is 4.79 Å². The highest BCUT2D eigenvalue weighted by molar-refractivity contribution is 8.13. The molecule has 1 aliphatic carbocycles. The topological polar surface area (TPSA) is 112 Å². The maximum atomic E-state index is 11.0. The Kier molecular flexibility index (Phi) is 4.45. The lowest BCUT2D eigenvalue weighted by molar-refractivity contribution is 0.198. The van der Waals surface area contributed by atoms with Crippen LogP contribution >= 0.6 is 11.8 Å². The van der Waals surface area contributed by atoms with E-state index in [9.17, 15) is 4.79 Å². The average molecular weight is 332 g/mol. The van der Waals surface area contributed by atoms with Crippen LogP contribution in [0.3, 0.4) is 0 Å². The van der Waals surface area contributed by atoms with Crippen molar-refractivity contribution in [2.75, 3.05) is 5.75 Å². The van der Waals surface area contributed by atoms with Crippen molar-refractivity contribution in [3.8, 4) is 0 Å². The number of carboxylic acid groups (broad SMARTS) is 1. The normalized spacial score (nSPS) is 26.4. The van der Waals surface area contributed by atoms with Gasteiger partial charge in [0.25, 0.3) is 0 Å². The fraction of sp³-hybridized carbons (Fsp3) is 0.467. The summed E-state index contributed by atoms with van der Waals surface area (Å²) < 4.78 is 0. The molecule has 1 heterocycles. The third-order valence-corrected chi connectivity index (χ3v) is 5.52. The molecular weight excluding hydrogens is 314 g/mol. The molecule has 3 N–H and O–H groups in total. The van der Waals surface area contributed by atoms with Gasteiger partial charge in [0.15, 0.2) is 16.0 Å². The number of hydrogen-bond donors (Lipinski definition) is 3. The first-order valence-corrected chi connectivity index (χ1v) is 8.53. The quantitative estimate of drug-likeness (QED) is 0.568. The summed E-state index contributed by atoms with van der Waals surface area (Å²) in [6, 6.07) is 7.61. The molecule has 2 atom stereocenters. The Hall–Kier alpha value is -2.18. The molecule has 1 aromatic rings. The zero-order valence-corrected chi connectivity index (χ0v) is 13.3. The second-order valence-corrected chi connectivity index (χ2v) is 6.78. The highest BCUT2D eigenvalue weighted by Crippen LogP contribution is 2.49. The number of amides is 1. The van der Waals surface area contributed by atoms with Crippen LogP contribution in [-0.2, 0) is 5.54 Å². The first kappa shape index (κ1) is 15.7. The Morgan fingerprint density at radius 2 is 2.39 bits per heavy atom. The van der Waals surface area contributed by atoms with Crippen molar-refractivity contribution in [3.05, 3.63) is 29.8 Å². The van der Waals surface area contributed by atoms with Crippen LogP contribution in [0.25, 0.3) is 0 Å². The van der Waals surface area contributed by atoms with Crippen LogP contribution < -0.4 is 10.2 Å². The minimum absolute atomic E-state index is 0.379. The van der Waals surface area contributed by atoms with Crippen LogP contribution in [0.4, 0.5) is 10.5 Å². The zero-order valence-electron chi connectivity index (χ0n) is 12.5. The highest BCUT2D eigenvalue weighted by Gasteiger charge is 2.45. The lowest BCUT2D eigenvalue weighted by Gasteiger charge is -2.44. The minimum atomic E-state index is -1.09. The van der Waals surface area contributed by atoms with Crippen molar-refractivity contribution in [3.63, 3.8) is 0 Å². The van der Waals surface area contributed by atoms with Crippen molar-refractivity contribution in [1.82, 2.24) is 10.2 Å². The monoisotopic (exact) mass is 332 g/mol. The van der Waals surface area contributed by atoms with Gasteiger partial charge in [-0.05, 0) is 36.5 Å². The maximum absolute atomic E-state index is 11.0. The van der Waals surface area contributed by atoms with E-state index in [0.717, 1.165) is 30.6 Å². The van der Waals surface area contributed by atoms with E-state index in [-0.39, 0.29) is 0 Å². The van der Waals surface area contributed by atoms with Gasteiger partial charge < -0.3 is 5.11 Å². The second-order valence-electron chi connectivity index (χ2n) is 5.78. The van der Waals surface area contributed by atoms with Crippen LogP contribution in [0.15, 0.2) is 34.4 Å².